The Hall–Kier alpha value is -3.92. The summed E-state index contributed by atoms with van der Waals surface area (Å²) >= 11 is 1.19. The molecule has 2 aromatic carbocycles. The lowest BCUT2D eigenvalue weighted by Crippen LogP contribution is -2.29. The van der Waals surface area contributed by atoms with Crippen LogP contribution in [0.5, 0.6) is 17.2 Å². The molecule has 10 heteroatoms. The van der Waals surface area contributed by atoms with Crippen molar-refractivity contribution < 1.29 is 28.9 Å². The number of benzene rings is 2. The Kier molecular flexibility index (Phi) is 6.59. The van der Waals surface area contributed by atoms with Crippen LogP contribution in [0, 0.1) is 6.92 Å². The molecule has 0 saturated carbocycles. The van der Waals surface area contributed by atoms with E-state index in [0.717, 1.165) is 11.3 Å². The van der Waals surface area contributed by atoms with Crippen molar-refractivity contribution in [2.75, 3.05) is 18.1 Å². The molecule has 0 bridgehead atoms. The topological polar surface area (TPSA) is 111 Å². The van der Waals surface area contributed by atoms with Gasteiger partial charge in [0.2, 0.25) is 5.13 Å². The molecule has 2 aliphatic heterocycles. The molecular formula is C27H27N3O6S. The molecule has 3 aromatic rings. The molecule has 37 heavy (non-hydrogen) atoms. The van der Waals surface area contributed by atoms with Gasteiger partial charge in [-0.05, 0) is 69.2 Å². The van der Waals surface area contributed by atoms with Crippen molar-refractivity contribution in [1.29, 1.82) is 0 Å². The fourth-order valence-electron chi connectivity index (χ4n) is 4.69. The second kappa shape index (κ2) is 9.85. The Balaban J connectivity index is 1.69. The number of amides is 1. The van der Waals surface area contributed by atoms with Gasteiger partial charge < -0.3 is 19.3 Å². The van der Waals surface area contributed by atoms with Crippen LogP contribution in [0.15, 0.2) is 42.0 Å². The number of hydrogen-bond donors (Lipinski definition) is 1. The molecule has 1 saturated heterocycles. The molecule has 1 amide bonds. The summed E-state index contributed by atoms with van der Waals surface area (Å²) in [4.78, 5) is 28.1. The van der Waals surface area contributed by atoms with E-state index >= 15 is 0 Å². The van der Waals surface area contributed by atoms with Gasteiger partial charge in [0, 0.05) is 12.0 Å². The van der Waals surface area contributed by atoms with Gasteiger partial charge in [-0.25, -0.2) is 0 Å². The molecule has 2 aliphatic rings. The minimum Gasteiger partial charge on any atom is -0.507 e. The summed E-state index contributed by atoms with van der Waals surface area (Å²) in [6.45, 7) is 8.31. The number of anilines is 1. The van der Waals surface area contributed by atoms with Crippen LogP contribution in [0.25, 0.3) is 5.76 Å². The Morgan fingerprint density at radius 3 is 2.57 bits per heavy atom. The summed E-state index contributed by atoms with van der Waals surface area (Å²) in [5.74, 6) is -0.0754. The zero-order valence-electron chi connectivity index (χ0n) is 21.0. The SMILES string of the molecule is CCOc1ccc([C@H]2C(=C(O)c3ccc4c(c3)C[C@@H](C)O4)C(=O)C(=O)N2c2nnc(C)s2)cc1OCC. The number of carbonyl (C=O) groups excluding carboxylic acids is 2. The van der Waals surface area contributed by atoms with Crippen molar-refractivity contribution in [3.8, 4) is 17.2 Å². The van der Waals surface area contributed by atoms with E-state index in [2.05, 4.69) is 10.2 Å². The molecule has 0 aliphatic carbocycles. The molecule has 1 N–H and O–H groups in total. The van der Waals surface area contributed by atoms with Crippen LogP contribution in [0.4, 0.5) is 5.13 Å². The predicted molar refractivity (Wildman–Crippen MR) is 138 cm³/mol. The summed E-state index contributed by atoms with van der Waals surface area (Å²) in [6, 6.07) is 9.56. The van der Waals surface area contributed by atoms with E-state index in [1.165, 1.54) is 16.2 Å². The van der Waals surface area contributed by atoms with Crippen molar-refractivity contribution in [2.24, 2.45) is 0 Å². The van der Waals surface area contributed by atoms with Gasteiger partial charge in [-0.2, -0.15) is 0 Å². The first-order chi connectivity index (χ1) is 17.8. The van der Waals surface area contributed by atoms with Crippen LogP contribution in [0.3, 0.4) is 0 Å². The highest BCUT2D eigenvalue weighted by molar-refractivity contribution is 7.15. The fourth-order valence-corrected chi connectivity index (χ4v) is 5.41. The Labute approximate surface area is 218 Å². The maximum Gasteiger partial charge on any atom is 0.301 e. The van der Waals surface area contributed by atoms with E-state index in [9.17, 15) is 14.7 Å². The molecule has 0 spiro atoms. The predicted octanol–water partition coefficient (Wildman–Crippen LogP) is 4.59. The molecule has 0 radical (unpaired) electrons. The normalized spacial score (nSPS) is 20.2. The monoisotopic (exact) mass is 521 g/mol. The number of ketones is 1. The number of hydrogen-bond acceptors (Lipinski definition) is 9. The number of aliphatic hydroxyl groups is 1. The standard InChI is InChI=1S/C27H27N3O6S/c1-5-34-20-10-7-16(13-21(20)35-6-2)23-22(25(32)26(33)30(23)27-29-28-15(4)37-27)24(31)17-8-9-19-18(12-17)11-14(3)36-19/h7-10,12-14,23,31H,5-6,11H2,1-4H3/t14-,23+/m1/s1. The van der Waals surface area contributed by atoms with E-state index in [-0.39, 0.29) is 22.6 Å². The summed E-state index contributed by atoms with van der Waals surface area (Å²) in [6.07, 6.45) is 0.717. The first kappa shape index (κ1) is 24.8. The molecule has 0 unspecified atom stereocenters. The van der Waals surface area contributed by atoms with E-state index in [1.54, 1.807) is 43.3 Å². The van der Waals surface area contributed by atoms with Gasteiger partial charge in [-0.15, -0.1) is 10.2 Å². The van der Waals surface area contributed by atoms with E-state index in [0.29, 0.717) is 47.3 Å². The molecule has 5 rings (SSSR count). The number of Topliss-reactive ketones (excluding diaryl/α,β-unsaturated/α-hetero) is 1. The summed E-state index contributed by atoms with van der Waals surface area (Å²) in [5.41, 5.74) is 1.90. The number of rotatable bonds is 7. The number of ether oxygens (including phenoxy) is 3. The third-order valence-corrected chi connectivity index (χ3v) is 7.06. The lowest BCUT2D eigenvalue weighted by atomic mass is 9.94. The van der Waals surface area contributed by atoms with Crippen molar-refractivity contribution in [3.63, 3.8) is 0 Å². The van der Waals surface area contributed by atoms with Crippen LogP contribution in [-0.2, 0) is 16.0 Å². The number of carbonyl (C=O) groups is 2. The molecule has 1 aromatic heterocycles. The summed E-state index contributed by atoms with van der Waals surface area (Å²) < 4.78 is 17.3. The lowest BCUT2D eigenvalue weighted by molar-refractivity contribution is -0.132. The number of aromatic nitrogens is 2. The molecule has 2 atom stereocenters. The van der Waals surface area contributed by atoms with Gasteiger partial charge in [0.15, 0.2) is 11.5 Å². The first-order valence-corrected chi connectivity index (χ1v) is 12.9. The number of aliphatic hydroxyl groups excluding tert-OH is 1. The van der Waals surface area contributed by atoms with Crippen LogP contribution in [0.2, 0.25) is 0 Å². The van der Waals surface area contributed by atoms with Crippen LogP contribution >= 0.6 is 11.3 Å². The van der Waals surface area contributed by atoms with Crippen molar-refractivity contribution in [1.82, 2.24) is 10.2 Å². The van der Waals surface area contributed by atoms with Crippen molar-refractivity contribution >= 4 is 33.9 Å². The largest absolute Gasteiger partial charge is 0.507 e. The number of nitrogens with zero attached hydrogens (tertiary/aromatic N) is 3. The third-order valence-electron chi connectivity index (χ3n) is 6.22. The molecule has 192 valence electrons. The minimum atomic E-state index is -0.939. The van der Waals surface area contributed by atoms with E-state index in [4.69, 9.17) is 14.2 Å². The van der Waals surface area contributed by atoms with Gasteiger partial charge in [0.05, 0.1) is 24.8 Å². The lowest BCUT2D eigenvalue weighted by Gasteiger charge is -2.23. The molecule has 1 fully saturated rings. The average molecular weight is 522 g/mol. The summed E-state index contributed by atoms with van der Waals surface area (Å²) in [5, 5.41) is 20.5. The second-order valence-corrected chi connectivity index (χ2v) is 9.96. The van der Waals surface area contributed by atoms with Gasteiger partial charge in [0.1, 0.15) is 22.6 Å². The molecule has 9 nitrogen and oxygen atoms in total. The average Bonchev–Trinajstić information content (AvgIpc) is 3.54. The third kappa shape index (κ3) is 4.42. The van der Waals surface area contributed by atoms with E-state index < -0.39 is 17.7 Å². The maximum atomic E-state index is 13.4. The van der Waals surface area contributed by atoms with E-state index in [1.807, 2.05) is 20.8 Å². The van der Waals surface area contributed by atoms with Crippen LogP contribution in [-0.4, -0.2) is 46.3 Å². The second-order valence-electron chi connectivity index (χ2n) is 8.80. The van der Waals surface area contributed by atoms with Gasteiger partial charge in [-0.1, -0.05) is 17.4 Å². The number of fused-ring (bicyclic) bond motifs is 1. The van der Waals surface area contributed by atoms with Gasteiger partial charge in [0.25, 0.3) is 5.78 Å². The fraction of sp³-hybridized carbons (Fsp3) is 0.333. The summed E-state index contributed by atoms with van der Waals surface area (Å²) in [7, 11) is 0. The smallest absolute Gasteiger partial charge is 0.301 e. The Bertz CT molecular complexity index is 1410. The molecule has 3 heterocycles. The quantitative estimate of drug-likeness (QED) is 0.273. The highest BCUT2D eigenvalue weighted by atomic mass is 32.1. The molecular weight excluding hydrogens is 494 g/mol. The van der Waals surface area contributed by atoms with Crippen molar-refractivity contribution in [2.45, 2.75) is 46.3 Å². The van der Waals surface area contributed by atoms with Crippen molar-refractivity contribution in [3.05, 3.63) is 63.7 Å². The zero-order valence-corrected chi connectivity index (χ0v) is 21.8. The highest BCUT2D eigenvalue weighted by Gasteiger charge is 2.48. The minimum absolute atomic E-state index is 0.0273. The van der Waals surface area contributed by atoms with Crippen LogP contribution in [0.1, 0.15) is 48.5 Å². The van der Waals surface area contributed by atoms with Crippen LogP contribution < -0.4 is 19.1 Å². The Morgan fingerprint density at radius 2 is 1.86 bits per heavy atom. The highest BCUT2D eigenvalue weighted by Crippen LogP contribution is 2.45. The zero-order chi connectivity index (χ0) is 26.3. The maximum absolute atomic E-state index is 13.4. The van der Waals surface area contributed by atoms with Gasteiger partial charge in [-0.3, -0.25) is 14.5 Å². The van der Waals surface area contributed by atoms with Gasteiger partial charge >= 0.3 is 5.91 Å². The Morgan fingerprint density at radius 1 is 1.11 bits per heavy atom. The number of aryl methyl sites for hydroxylation is 1. The first-order valence-electron chi connectivity index (χ1n) is 12.1.